The van der Waals surface area contributed by atoms with Gasteiger partial charge in [-0.05, 0) is 26.7 Å². The Labute approximate surface area is 125 Å². The maximum absolute atomic E-state index is 11.9. The van der Waals surface area contributed by atoms with E-state index in [9.17, 15) is 4.79 Å². The molecule has 112 valence electrons. The lowest BCUT2D eigenvalue weighted by Gasteiger charge is -2.35. The standard InChI is InChI=1S/C14H24N4OS/c1-10-9-15-13(20-10)11(2)16-12-5-7-18(8-6-12)14(19)17(3)4/h9,11-12,16H,5-8H2,1-4H3. The van der Waals surface area contributed by atoms with Crippen LogP contribution in [0.3, 0.4) is 0 Å². The van der Waals surface area contributed by atoms with Crippen LogP contribution in [-0.4, -0.2) is 54.0 Å². The van der Waals surface area contributed by atoms with E-state index in [0.717, 1.165) is 30.9 Å². The number of amides is 2. The Balaban J connectivity index is 1.81. The molecule has 1 aliphatic heterocycles. The first kappa shape index (κ1) is 15.3. The molecule has 0 saturated carbocycles. The van der Waals surface area contributed by atoms with Crippen molar-refractivity contribution in [2.24, 2.45) is 0 Å². The van der Waals surface area contributed by atoms with E-state index in [1.54, 1.807) is 30.3 Å². The van der Waals surface area contributed by atoms with Gasteiger partial charge in [0.05, 0.1) is 6.04 Å². The number of carbonyl (C=O) groups excluding carboxylic acids is 1. The monoisotopic (exact) mass is 296 g/mol. The van der Waals surface area contributed by atoms with E-state index in [0.29, 0.717) is 6.04 Å². The second kappa shape index (κ2) is 6.54. The summed E-state index contributed by atoms with van der Waals surface area (Å²) < 4.78 is 0. The number of thiazole rings is 1. The van der Waals surface area contributed by atoms with Crippen LogP contribution in [-0.2, 0) is 0 Å². The molecular weight excluding hydrogens is 272 g/mol. The molecule has 1 unspecified atom stereocenters. The van der Waals surface area contributed by atoms with E-state index in [2.05, 4.69) is 24.1 Å². The fraction of sp³-hybridized carbons (Fsp3) is 0.714. The van der Waals surface area contributed by atoms with Crippen molar-refractivity contribution in [3.05, 3.63) is 16.1 Å². The van der Waals surface area contributed by atoms with Gasteiger partial charge in [0.15, 0.2) is 0 Å². The highest BCUT2D eigenvalue weighted by Crippen LogP contribution is 2.21. The second-order valence-electron chi connectivity index (χ2n) is 5.64. The molecule has 1 fully saturated rings. The first-order valence-electron chi connectivity index (χ1n) is 7.12. The van der Waals surface area contributed by atoms with Crippen molar-refractivity contribution in [3.8, 4) is 0 Å². The van der Waals surface area contributed by atoms with Crippen LogP contribution in [0.5, 0.6) is 0 Å². The van der Waals surface area contributed by atoms with Crippen LogP contribution in [0.1, 0.15) is 35.7 Å². The first-order valence-corrected chi connectivity index (χ1v) is 7.93. The molecule has 1 N–H and O–H groups in total. The summed E-state index contributed by atoms with van der Waals surface area (Å²) in [6, 6.07) is 0.877. The average molecular weight is 296 g/mol. The molecule has 1 aromatic heterocycles. The molecule has 1 aliphatic rings. The predicted octanol–water partition coefficient (Wildman–Crippen LogP) is 2.25. The van der Waals surface area contributed by atoms with Crippen LogP contribution in [0.4, 0.5) is 4.79 Å². The zero-order valence-electron chi connectivity index (χ0n) is 12.7. The van der Waals surface area contributed by atoms with Gasteiger partial charge in [-0.3, -0.25) is 0 Å². The molecule has 2 rings (SSSR count). The molecule has 1 aromatic rings. The minimum atomic E-state index is 0.118. The zero-order chi connectivity index (χ0) is 14.7. The number of rotatable bonds is 3. The highest BCUT2D eigenvalue weighted by atomic mass is 32.1. The van der Waals surface area contributed by atoms with E-state index in [4.69, 9.17) is 0 Å². The number of likely N-dealkylation sites (tertiary alicyclic amines) is 1. The van der Waals surface area contributed by atoms with Crippen LogP contribution in [0, 0.1) is 6.92 Å². The quantitative estimate of drug-likeness (QED) is 0.930. The van der Waals surface area contributed by atoms with Gasteiger partial charge < -0.3 is 15.1 Å². The third-order valence-corrected chi connectivity index (χ3v) is 4.74. The largest absolute Gasteiger partial charge is 0.331 e. The van der Waals surface area contributed by atoms with Crippen molar-refractivity contribution in [1.82, 2.24) is 20.1 Å². The van der Waals surface area contributed by atoms with E-state index < -0.39 is 0 Å². The topological polar surface area (TPSA) is 48.5 Å². The number of nitrogens with one attached hydrogen (secondary N) is 1. The van der Waals surface area contributed by atoms with Gasteiger partial charge in [0.2, 0.25) is 0 Å². The van der Waals surface area contributed by atoms with Crippen molar-refractivity contribution < 1.29 is 4.79 Å². The van der Waals surface area contributed by atoms with Crippen molar-refractivity contribution in [2.45, 2.75) is 38.8 Å². The van der Waals surface area contributed by atoms with Crippen molar-refractivity contribution in [3.63, 3.8) is 0 Å². The Kier molecular flexibility index (Phi) is 4.99. The lowest BCUT2D eigenvalue weighted by molar-refractivity contribution is 0.151. The third-order valence-electron chi connectivity index (χ3n) is 3.64. The second-order valence-corrected chi connectivity index (χ2v) is 6.90. The summed E-state index contributed by atoms with van der Waals surface area (Å²) in [4.78, 5) is 21.1. The zero-order valence-corrected chi connectivity index (χ0v) is 13.5. The molecule has 5 nitrogen and oxygen atoms in total. The van der Waals surface area contributed by atoms with E-state index in [1.165, 1.54) is 4.88 Å². The predicted molar refractivity (Wildman–Crippen MR) is 82.1 cm³/mol. The summed E-state index contributed by atoms with van der Waals surface area (Å²) in [6.07, 6.45) is 3.94. The van der Waals surface area contributed by atoms with Gasteiger partial charge in [0.1, 0.15) is 5.01 Å². The van der Waals surface area contributed by atoms with Crippen LogP contribution in [0.25, 0.3) is 0 Å². The molecule has 20 heavy (non-hydrogen) atoms. The molecule has 1 atom stereocenters. The number of aryl methyl sites for hydroxylation is 1. The molecule has 0 bridgehead atoms. The lowest BCUT2D eigenvalue weighted by Crippen LogP contribution is -2.48. The minimum Gasteiger partial charge on any atom is -0.331 e. The lowest BCUT2D eigenvalue weighted by atomic mass is 10.0. The molecule has 0 aliphatic carbocycles. The average Bonchev–Trinajstić information content (AvgIpc) is 2.85. The van der Waals surface area contributed by atoms with Crippen LogP contribution >= 0.6 is 11.3 Å². The van der Waals surface area contributed by atoms with Gasteiger partial charge >= 0.3 is 6.03 Å². The van der Waals surface area contributed by atoms with Crippen molar-refractivity contribution >= 4 is 17.4 Å². The van der Waals surface area contributed by atoms with Gasteiger partial charge in [-0.2, -0.15) is 0 Å². The summed E-state index contributed by atoms with van der Waals surface area (Å²) in [6.45, 7) is 5.91. The van der Waals surface area contributed by atoms with E-state index in [1.807, 2.05) is 11.1 Å². The normalized spacial score (nSPS) is 18.1. The van der Waals surface area contributed by atoms with E-state index in [-0.39, 0.29) is 12.1 Å². The Morgan fingerprint density at radius 3 is 2.65 bits per heavy atom. The highest BCUT2D eigenvalue weighted by Gasteiger charge is 2.25. The molecule has 0 radical (unpaired) electrons. The Bertz CT molecular complexity index is 452. The minimum absolute atomic E-state index is 0.118. The van der Waals surface area contributed by atoms with Crippen LogP contribution in [0.15, 0.2) is 6.20 Å². The smallest absolute Gasteiger partial charge is 0.319 e. The Morgan fingerprint density at radius 1 is 1.50 bits per heavy atom. The third kappa shape index (κ3) is 3.70. The number of urea groups is 1. The number of hydrogen-bond acceptors (Lipinski definition) is 4. The van der Waals surface area contributed by atoms with Gasteiger partial charge in [0, 0.05) is 44.3 Å². The molecule has 1 saturated heterocycles. The highest BCUT2D eigenvalue weighted by molar-refractivity contribution is 7.11. The summed E-state index contributed by atoms with van der Waals surface area (Å²) in [5, 5.41) is 4.78. The van der Waals surface area contributed by atoms with Gasteiger partial charge in [-0.15, -0.1) is 11.3 Å². The van der Waals surface area contributed by atoms with Crippen molar-refractivity contribution in [1.29, 1.82) is 0 Å². The number of aromatic nitrogens is 1. The molecule has 2 heterocycles. The fourth-order valence-electron chi connectivity index (χ4n) is 2.52. The SMILES string of the molecule is Cc1cnc(C(C)NC2CCN(C(=O)N(C)C)CC2)s1. The van der Waals surface area contributed by atoms with Gasteiger partial charge in [0.25, 0.3) is 0 Å². The molecule has 6 heteroatoms. The maximum atomic E-state index is 11.9. The van der Waals surface area contributed by atoms with Crippen LogP contribution < -0.4 is 5.32 Å². The summed E-state index contributed by atoms with van der Waals surface area (Å²) in [5.41, 5.74) is 0. The molecule has 0 aromatic carbocycles. The molecule has 0 spiro atoms. The number of carbonyl (C=O) groups is 1. The number of piperidine rings is 1. The summed E-state index contributed by atoms with van der Waals surface area (Å²) in [7, 11) is 3.61. The Morgan fingerprint density at radius 2 is 2.15 bits per heavy atom. The van der Waals surface area contributed by atoms with Gasteiger partial charge in [-0.1, -0.05) is 0 Å². The first-order chi connectivity index (χ1) is 9.47. The Hall–Kier alpha value is -1.14. The molecule has 2 amide bonds. The number of hydrogen-bond donors (Lipinski definition) is 1. The van der Waals surface area contributed by atoms with Crippen LogP contribution in [0.2, 0.25) is 0 Å². The summed E-state index contributed by atoms with van der Waals surface area (Å²) >= 11 is 1.75. The van der Waals surface area contributed by atoms with Gasteiger partial charge in [-0.25, -0.2) is 9.78 Å². The van der Waals surface area contributed by atoms with E-state index >= 15 is 0 Å². The summed E-state index contributed by atoms with van der Waals surface area (Å²) in [5.74, 6) is 0. The fourth-order valence-corrected chi connectivity index (χ4v) is 3.30. The maximum Gasteiger partial charge on any atom is 0.319 e. The molecular formula is C14H24N4OS. The van der Waals surface area contributed by atoms with Crippen molar-refractivity contribution in [2.75, 3.05) is 27.2 Å². The number of nitrogens with zero attached hydrogens (tertiary/aromatic N) is 3.